The Balaban J connectivity index is 2.03. The van der Waals surface area contributed by atoms with Gasteiger partial charge in [0.05, 0.1) is 6.07 Å². The fourth-order valence-corrected chi connectivity index (χ4v) is 3.58. The average Bonchev–Trinajstić information content (AvgIpc) is 2.41. The molecule has 0 heterocycles. The Morgan fingerprint density at radius 2 is 1.29 bits per heavy atom. The van der Waals surface area contributed by atoms with Gasteiger partial charge >= 0.3 is 0 Å². The van der Waals surface area contributed by atoms with Gasteiger partial charge in [-0.15, -0.1) is 0 Å². The van der Waals surface area contributed by atoms with Crippen LogP contribution in [0.5, 0.6) is 0 Å². The van der Waals surface area contributed by atoms with E-state index in [0.717, 1.165) is 0 Å². The van der Waals surface area contributed by atoms with Crippen molar-refractivity contribution >= 4 is 0 Å². The molecule has 3 nitrogen and oxygen atoms in total. The van der Waals surface area contributed by atoms with E-state index in [2.05, 4.69) is 11.0 Å². The Morgan fingerprint density at radius 3 is 1.65 bits per heavy atom. The molecule has 2 N–H and O–H groups in total. The van der Waals surface area contributed by atoms with Gasteiger partial charge in [0.25, 0.3) is 0 Å². The minimum Gasteiger partial charge on any atom is -0.304 e. The maximum Gasteiger partial charge on any atom is 0.148 e. The zero-order chi connectivity index (χ0) is 12.1. The minimum absolute atomic E-state index is 0.388. The van der Waals surface area contributed by atoms with Crippen LogP contribution in [-0.2, 0) is 0 Å². The summed E-state index contributed by atoms with van der Waals surface area (Å²) in [6, 6.07) is 3.40. The normalized spacial score (nSPS) is 25.7. The fourth-order valence-electron chi connectivity index (χ4n) is 3.58. The molecular weight excluding hydrogens is 210 g/mol. The number of hydrogen-bond acceptors (Lipinski definition) is 3. The van der Waals surface area contributed by atoms with Gasteiger partial charge in [0, 0.05) is 12.1 Å². The van der Waals surface area contributed by atoms with Crippen LogP contribution in [0.25, 0.3) is 0 Å². The van der Waals surface area contributed by atoms with Crippen molar-refractivity contribution in [3.63, 3.8) is 0 Å². The second-order valence-corrected chi connectivity index (χ2v) is 5.60. The Labute approximate surface area is 105 Å². The van der Waals surface area contributed by atoms with Crippen molar-refractivity contribution in [3.05, 3.63) is 0 Å². The molecule has 1 atom stereocenters. The lowest BCUT2D eigenvalue weighted by molar-refractivity contribution is 0.0597. The van der Waals surface area contributed by atoms with Gasteiger partial charge in [-0.05, 0) is 25.7 Å². The summed E-state index contributed by atoms with van der Waals surface area (Å²) >= 11 is 0. The molecule has 2 rings (SSSR count). The third kappa shape index (κ3) is 3.20. The van der Waals surface area contributed by atoms with Crippen molar-refractivity contribution < 1.29 is 0 Å². The molecule has 0 aromatic heterocycles. The van der Waals surface area contributed by atoms with Crippen molar-refractivity contribution in [1.29, 1.82) is 5.26 Å². The molecule has 0 aliphatic heterocycles. The lowest BCUT2D eigenvalue weighted by Crippen LogP contribution is -2.53. The van der Waals surface area contributed by atoms with Crippen molar-refractivity contribution in [2.24, 2.45) is 5.73 Å². The van der Waals surface area contributed by atoms with E-state index in [0.29, 0.717) is 12.1 Å². The van der Waals surface area contributed by atoms with E-state index in [9.17, 15) is 0 Å². The smallest absolute Gasteiger partial charge is 0.148 e. The Kier molecular flexibility index (Phi) is 4.82. The molecular formula is C14H25N3. The van der Waals surface area contributed by atoms with E-state index in [1.807, 2.05) is 0 Å². The summed E-state index contributed by atoms with van der Waals surface area (Å²) in [5.41, 5.74) is 6.04. The average molecular weight is 235 g/mol. The molecule has 2 aliphatic carbocycles. The Bertz CT molecular complexity index is 241. The van der Waals surface area contributed by atoms with Gasteiger partial charge in [-0.25, -0.2) is 0 Å². The van der Waals surface area contributed by atoms with Crippen LogP contribution < -0.4 is 5.73 Å². The minimum atomic E-state index is -0.388. The van der Waals surface area contributed by atoms with Crippen molar-refractivity contribution in [2.45, 2.75) is 82.5 Å². The van der Waals surface area contributed by atoms with Gasteiger partial charge in [-0.1, -0.05) is 38.5 Å². The highest BCUT2D eigenvalue weighted by molar-refractivity contribution is 4.95. The summed E-state index contributed by atoms with van der Waals surface area (Å²) < 4.78 is 0. The number of nitrogens with zero attached hydrogens (tertiary/aromatic N) is 2. The van der Waals surface area contributed by atoms with Gasteiger partial charge in [-0.3, -0.25) is 4.90 Å². The first-order valence-electron chi connectivity index (χ1n) is 7.25. The van der Waals surface area contributed by atoms with Gasteiger partial charge in [0.1, 0.15) is 6.17 Å². The first-order valence-corrected chi connectivity index (χ1v) is 7.25. The SMILES string of the molecule is N#CC(N)N(C1CCCCC1)C1CCCCC1. The Hall–Kier alpha value is -0.590. The molecule has 0 amide bonds. The van der Waals surface area contributed by atoms with Crippen LogP contribution in [-0.4, -0.2) is 23.1 Å². The van der Waals surface area contributed by atoms with Crippen LogP contribution in [0.4, 0.5) is 0 Å². The van der Waals surface area contributed by atoms with E-state index in [4.69, 9.17) is 11.0 Å². The summed E-state index contributed by atoms with van der Waals surface area (Å²) in [5.74, 6) is 0. The number of hydrogen-bond donors (Lipinski definition) is 1. The van der Waals surface area contributed by atoms with Crippen molar-refractivity contribution in [2.75, 3.05) is 0 Å². The molecule has 1 unspecified atom stereocenters. The topological polar surface area (TPSA) is 53.1 Å². The first-order chi connectivity index (χ1) is 8.33. The maximum absolute atomic E-state index is 9.15. The van der Waals surface area contributed by atoms with Crippen LogP contribution >= 0.6 is 0 Å². The lowest BCUT2D eigenvalue weighted by Gasteiger charge is -2.42. The molecule has 0 spiro atoms. The second-order valence-electron chi connectivity index (χ2n) is 5.60. The third-order valence-electron chi connectivity index (χ3n) is 4.45. The van der Waals surface area contributed by atoms with E-state index < -0.39 is 0 Å². The van der Waals surface area contributed by atoms with Gasteiger partial charge < -0.3 is 5.73 Å². The summed E-state index contributed by atoms with van der Waals surface area (Å²) in [7, 11) is 0. The van der Waals surface area contributed by atoms with Gasteiger partial charge in [0.15, 0.2) is 0 Å². The molecule has 2 saturated carbocycles. The first kappa shape index (κ1) is 12.9. The molecule has 0 aromatic rings. The van der Waals surface area contributed by atoms with Crippen molar-refractivity contribution in [1.82, 2.24) is 4.90 Å². The second kappa shape index (κ2) is 6.37. The quantitative estimate of drug-likeness (QED) is 0.765. The van der Waals surface area contributed by atoms with E-state index >= 15 is 0 Å². The zero-order valence-corrected chi connectivity index (χ0v) is 10.8. The number of nitriles is 1. The standard InChI is InChI=1S/C14H25N3/c15-11-14(16)17(12-7-3-1-4-8-12)13-9-5-2-6-10-13/h12-14H,1-10,16H2. The van der Waals surface area contributed by atoms with Crippen LogP contribution in [0.3, 0.4) is 0 Å². The van der Waals surface area contributed by atoms with Gasteiger partial charge in [-0.2, -0.15) is 5.26 Å². The number of nitrogens with two attached hydrogens (primary N) is 1. The molecule has 0 aromatic carbocycles. The van der Waals surface area contributed by atoms with Crippen LogP contribution in [0.15, 0.2) is 0 Å². The summed E-state index contributed by atoms with van der Waals surface area (Å²) in [4.78, 5) is 2.36. The van der Waals surface area contributed by atoms with E-state index in [1.165, 1.54) is 64.2 Å². The maximum atomic E-state index is 9.15. The highest BCUT2D eigenvalue weighted by atomic mass is 15.3. The van der Waals surface area contributed by atoms with Crippen LogP contribution in [0, 0.1) is 11.3 Å². The molecule has 0 saturated heterocycles. The molecule has 2 fully saturated rings. The number of rotatable bonds is 3. The highest BCUT2D eigenvalue weighted by Gasteiger charge is 2.32. The molecule has 17 heavy (non-hydrogen) atoms. The van der Waals surface area contributed by atoms with Crippen LogP contribution in [0.1, 0.15) is 64.2 Å². The van der Waals surface area contributed by atoms with E-state index in [1.54, 1.807) is 0 Å². The Morgan fingerprint density at radius 1 is 0.882 bits per heavy atom. The monoisotopic (exact) mass is 235 g/mol. The molecule has 0 radical (unpaired) electrons. The molecule has 2 aliphatic rings. The molecule has 96 valence electrons. The van der Waals surface area contributed by atoms with E-state index in [-0.39, 0.29) is 6.17 Å². The molecule has 0 bridgehead atoms. The predicted octanol–water partition coefficient (Wildman–Crippen LogP) is 2.76. The summed E-state index contributed by atoms with van der Waals surface area (Å²) in [6.45, 7) is 0. The zero-order valence-electron chi connectivity index (χ0n) is 10.8. The van der Waals surface area contributed by atoms with Crippen molar-refractivity contribution in [3.8, 4) is 6.07 Å². The highest BCUT2D eigenvalue weighted by Crippen LogP contribution is 2.30. The largest absolute Gasteiger partial charge is 0.304 e. The summed E-state index contributed by atoms with van der Waals surface area (Å²) in [5, 5.41) is 9.15. The van der Waals surface area contributed by atoms with Crippen LogP contribution in [0.2, 0.25) is 0 Å². The fraction of sp³-hybridized carbons (Fsp3) is 0.929. The lowest BCUT2D eigenvalue weighted by atomic mass is 9.88. The summed E-state index contributed by atoms with van der Waals surface area (Å²) in [6.07, 6.45) is 12.5. The van der Waals surface area contributed by atoms with Gasteiger partial charge in [0.2, 0.25) is 0 Å². The molecule has 3 heteroatoms. The predicted molar refractivity (Wildman–Crippen MR) is 69.2 cm³/mol. The third-order valence-corrected chi connectivity index (χ3v) is 4.45.